The Hall–Kier alpha value is -4.25. The van der Waals surface area contributed by atoms with E-state index in [0.717, 1.165) is 28.2 Å². The Morgan fingerprint density at radius 2 is 1.61 bits per heavy atom. The summed E-state index contributed by atoms with van der Waals surface area (Å²) in [4.78, 5) is 29.2. The monoisotopic (exact) mass is 437 g/mol. The van der Waals surface area contributed by atoms with Crippen LogP contribution in [-0.4, -0.2) is 23.3 Å². The fourth-order valence-electron chi connectivity index (χ4n) is 3.48. The minimum Gasteiger partial charge on any atom is -0.486 e. The number of carbonyl (C=O) groups excluding carboxylic acids is 2. The molecule has 1 heterocycles. The van der Waals surface area contributed by atoms with E-state index in [1.807, 2.05) is 84.9 Å². The van der Waals surface area contributed by atoms with E-state index in [2.05, 4.69) is 4.98 Å². The topological polar surface area (TPSA) is 65.5 Å². The van der Waals surface area contributed by atoms with E-state index in [1.54, 1.807) is 6.92 Å². The summed E-state index contributed by atoms with van der Waals surface area (Å²) in [6.45, 7) is 2.22. The maximum atomic E-state index is 12.9. The van der Waals surface area contributed by atoms with Crippen molar-refractivity contribution < 1.29 is 19.1 Å². The van der Waals surface area contributed by atoms with Gasteiger partial charge in [0.15, 0.2) is 5.69 Å². The summed E-state index contributed by atoms with van der Waals surface area (Å²) in [6, 6.07) is 27.3. The fraction of sp³-hybridized carbons (Fsp3) is 0.107. The summed E-state index contributed by atoms with van der Waals surface area (Å²) in [6.07, 6.45) is 2.28. The van der Waals surface area contributed by atoms with Gasteiger partial charge in [0.2, 0.25) is 5.78 Å². The Balaban J connectivity index is 1.77. The second kappa shape index (κ2) is 10.4. The number of ether oxygens (including phenoxy) is 2. The molecule has 5 nitrogen and oxygen atoms in total. The summed E-state index contributed by atoms with van der Waals surface area (Å²) in [7, 11) is 0. The van der Waals surface area contributed by atoms with Crippen molar-refractivity contribution in [2.24, 2.45) is 0 Å². The number of ketones is 1. The van der Waals surface area contributed by atoms with Crippen LogP contribution in [0.25, 0.3) is 22.0 Å². The zero-order valence-corrected chi connectivity index (χ0v) is 18.2. The van der Waals surface area contributed by atoms with Crippen molar-refractivity contribution in [3.8, 4) is 16.9 Å². The van der Waals surface area contributed by atoms with Crippen LogP contribution in [0.3, 0.4) is 0 Å². The zero-order valence-electron chi connectivity index (χ0n) is 18.2. The number of fused-ring (bicyclic) bond motifs is 1. The highest BCUT2D eigenvalue weighted by atomic mass is 16.5. The van der Waals surface area contributed by atoms with E-state index in [4.69, 9.17) is 9.47 Å². The molecule has 0 saturated heterocycles. The Morgan fingerprint density at radius 3 is 2.33 bits per heavy atom. The number of aromatic nitrogens is 1. The lowest BCUT2D eigenvalue weighted by molar-refractivity contribution is -0.137. The van der Waals surface area contributed by atoms with Gasteiger partial charge in [-0.3, -0.25) is 4.79 Å². The van der Waals surface area contributed by atoms with E-state index in [1.165, 1.54) is 6.08 Å². The van der Waals surface area contributed by atoms with Gasteiger partial charge >= 0.3 is 5.97 Å². The lowest BCUT2D eigenvalue weighted by atomic mass is 10.00. The van der Waals surface area contributed by atoms with E-state index >= 15 is 0 Å². The second-order valence-electron chi connectivity index (χ2n) is 7.30. The highest BCUT2D eigenvalue weighted by Crippen LogP contribution is 2.32. The molecule has 4 rings (SSSR count). The molecule has 0 fully saturated rings. The highest BCUT2D eigenvalue weighted by molar-refractivity contribution is 6.09. The number of hydrogen-bond donors (Lipinski definition) is 0. The molecule has 0 atom stereocenters. The van der Waals surface area contributed by atoms with Gasteiger partial charge in [-0.15, -0.1) is 0 Å². The van der Waals surface area contributed by atoms with Crippen LogP contribution in [0.15, 0.2) is 97.1 Å². The minimum atomic E-state index is -0.579. The average molecular weight is 437 g/mol. The Labute approximate surface area is 192 Å². The van der Waals surface area contributed by atoms with Gasteiger partial charge < -0.3 is 9.47 Å². The minimum absolute atomic E-state index is 0.143. The van der Waals surface area contributed by atoms with Crippen LogP contribution in [-0.2, 0) is 16.1 Å². The van der Waals surface area contributed by atoms with Crippen molar-refractivity contribution in [1.82, 2.24) is 4.98 Å². The molecule has 164 valence electrons. The predicted molar refractivity (Wildman–Crippen MR) is 128 cm³/mol. The number of rotatable bonds is 8. The van der Waals surface area contributed by atoms with E-state index in [-0.39, 0.29) is 18.9 Å². The van der Waals surface area contributed by atoms with Gasteiger partial charge in [-0.05, 0) is 41.8 Å². The SMILES string of the molecule is CCOC(=O)C=CC(=O)c1nc2cccc(-c3ccccc3)c2cc1OCc1ccccc1. The molecule has 0 radical (unpaired) electrons. The molecule has 0 spiro atoms. The number of hydrogen-bond acceptors (Lipinski definition) is 5. The van der Waals surface area contributed by atoms with Gasteiger partial charge in [0.05, 0.1) is 12.1 Å². The number of carbonyl (C=O) groups is 2. The molecule has 0 aliphatic carbocycles. The van der Waals surface area contributed by atoms with Gasteiger partial charge in [0.25, 0.3) is 0 Å². The van der Waals surface area contributed by atoms with E-state index in [9.17, 15) is 9.59 Å². The number of pyridine rings is 1. The quantitative estimate of drug-likeness (QED) is 0.199. The highest BCUT2D eigenvalue weighted by Gasteiger charge is 2.17. The molecule has 0 unspecified atom stereocenters. The number of esters is 1. The van der Waals surface area contributed by atoms with Gasteiger partial charge in [-0.25, -0.2) is 9.78 Å². The summed E-state index contributed by atoms with van der Waals surface area (Å²) in [5, 5.41) is 0.873. The molecular weight excluding hydrogens is 414 g/mol. The third-order valence-electron chi connectivity index (χ3n) is 5.04. The maximum absolute atomic E-state index is 12.9. The predicted octanol–water partition coefficient (Wildman–Crippen LogP) is 5.78. The van der Waals surface area contributed by atoms with Crippen molar-refractivity contribution in [3.05, 3.63) is 108 Å². The van der Waals surface area contributed by atoms with Crippen molar-refractivity contribution >= 4 is 22.7 Å². The van der Waals surface area contributed by atoms with Crippen molar-refractivity contribution in [1.29, 1.82) is 0 Å². The first-order valence-corrected chi connectivity index (χ1v) is 10.7. The van der Waals surface area contributed by atoms with Crippen LogP contribution >= 0.6 is 0 Å². The van der Waals surface area contributed by atoms with Crippen LogP contribution < -0.4 is 4.74 Å². The average Bonchev–Trinajstić information content (AvgIpc) is 2.86. The van der Waals surface area contributed by atoms with Crippen molar-refractivity contribution in [3.63, 3.8) is 0 Å². The van der Waals surface area contributed by atoms with Crippen LogP contribution in [0.4, 0.5) is 0 Å². The van der Waals surface area contributed by atoms with Crippen molar-refractivity contribution in [2.45, 2.75) is 13.5 Å². The van der Waals surface area contributed by atoms with Crippen LogP contribution in [0.5, 0.6) is 5.75 Å². The fourth-order valence-corrected chi connectivity index (χ4v) is 3.48. The Kier molecular flexibility index (Phi) is 6.90. The Bertz CT molecular complexity index is 1300. The first-order chi connectivity index (χ1) is 16.2. The molecule has 0 saturated carbocycles. The summed E-state index contributed by atoms with van der Waals surface area (Å²) < 4.78 is 10.9. The van der Waals surface area contributed by atoms with Gasteiger partial charge in [0, 0.05) is 11.5 Å². The molecule has 0 N–H and O–H groups in total. The third-order valence-corrected chi connectivity index (χ3v) is 5.04. The van der Waals surface area contributed by atoms with Crippen LogP contribution in [0.1, 0.15) is 23.0 Å². The lowest BCUT2D eigenvalue weighted by Gasteiger charge is -2.13. The van der Waals surface area contributed by atoms with Gasteiger partial charge in [-0.1, -0.05) is 72.8 Å². The maximum Gasteiger partial charge on any atom is 0.330 e. The molecule has 1 aromatic heterocycles. The summed E-state index contributed by atoms with van der Waals surface area (Å²) in [5.41, 5.74) is 3.81. The normalized spacial score (nSPS) is 10.9. The largest absolute Gasteiger partial charge is 0.486 e. The molecule has 3 aromatic carbocycles. The molecule has 0 aliphatic rings. The van der Waals surface area contributed by atoms with Crippen LogP contribution in [0, 0.1) is 0 Å². The van der Waals surface area contributed by atoms with E-state index < -0.39 is 11.8 Å². The number of benzene rings is 3. The molecule has 5 heteroatoms. The summed E-state index contributed by atoms with van der Waals surface area (Å²) in [5.74, 6) is -0.656. The molecule has 33 heavy (non-hydrogen) atoms. The summed E-state index contributed by atoms with van der Waals surface area (Å²) >= 11 is 0. The molecule has 4 aromatic rings. The smallest absolute Gasteiger partial charge is 0.330 e. The third kappa shape index (κ3) is 5.33. The van der Waals surface area contributed by atoms with Crippen molar-refractivity contribution in [2.75, 3.05) is 6.61 Å². The molecular formula is C28H23NO4. The first-order valence-electron chi connectivity index (χ1n) is 10.7. The Morgan fingerprint density at radius 1 is 0.879 bits per heavy atom. The number of allylic oxidation sites excluding steroid dienone is 1. The molecule has 0 bridgehead atoms. The first kappa shape index (κ1) is 22.0. The molecule has 0 aliphatic heterocycles. The van der Waals surface area contributed by atoms with Crippen LogP contribution in [0.2, 0.25) is 0 Å². The number of nitrogens with zero attached hydrogens (tertiary/aromatic N) is 1. The standard InChI is InChI=1S/C28H23NO4/c1-2-32-27(31)17-16-25(30)28-26(33-19-20-10-5-3-6-11-20)18-23-22(14-9-15-24(23)29-28)21-12-7-4-8-13-21/h3-18H,2,19H2,1H3. The molecule has 0 amide bonds. The van der Waals surface area contributed by atoms with Gasteiger partial charge in [0.1, 0.15) is 12.4 Å². The zero-order chi connectivity index (χ0) is 23.0. The van der Waals surface area contributed by atoms with E-state index in [0.29, 0.717) is 11.3 Å². The van der Waals surface area contributed by atoms with Gasteiger partial charge in [-0.2, -0.15) is 0 Å². The second-order valence-corrected chi connectivity index (χ2v) is 7.30. The lowest BCUT2D eigenvalue weighted by Crippen LogP contribution is -2.07.